The molecule has 21 heavy (non-hydrogen) atoms. The minimum Gasteiger partial charge on any atom is -0.320 e. The summed E-state index contributed by atoms with van der Waals surface area (Å²) in [6, 6.07) is 8.72. The lowest BCUT2D eigenvalue weighted by molar-refractivity contribution is -0.115. The van der Waals surface area contributed by atoms with Gasteiger partial charge in [0.1, 0.15) is 17.3 Å². The molecule has 4 nitrogen and oxygen atoms in total. The second-order valence-corrected chi connectivity index (χ2v) is 4.50. The zero-order valence-electron chi connectivity index (χ0n) is 11.4. The number of anilines is 1. The molecule has 2 rings (SSSR count). The number of benzene rings is 1. The van der Waals surface area contributed by atoms with Crippen molar-refractivity contribution in [2.75, 3.05) is 11.9 Å². The molecule has 0 spiro atoms. The van der Waals surface area contributed by atoms with E-state index in [1.54, 1.807) is 12.3 Å². The Labute approximate surface area is 121 Å². The highest BCUT2D eigenvalue weighted by molar-refractivity contribution is 5.92. The van der Waals surface area contributed by atoms with Crippen LogP contribution in [0.2, 0.25) is 0 Å². The number of amides is 1. The third-order valence-electron chi connectivity index (χ3n) is 2.93. The summed E-state index contributed by atoms with van der Waals surface area (Å²) in [4.78, 5) is 15.9. The lowest BCUT2D eigenvalue weighted by Crippen LogP contribution is -2.31. The molecule has 0 aliphatic rings. The molecule has 0 radical (unpaired) electrons. The topological polar surface area (TPSA) is 54.0 Å². The van der Waals surface area contributed by atoms with Crippen LogP contribution in [0.3, 0.4) is 0 Å². The van der Waals surface area contributed by atoms with Crippen molar-refractivity contribution < 1.29 is 13.6 Å². The summed E-state index contributed by atoms with van der Waals surface area (Å²) in [7, 11) is 0. The summed E-state index contributed by atoms with van der Waals surface area (Å²) in [6.45, 7) is 1.77. The molecule has 0 fully saturated rings. The molecule has 0 unspecified atom stereocenters. The Hall–Kier alpha value is -2.34. The van der Waals surface area contributed by atoms with Gasteiger partial charge in [-0.2, -0.15) is 0 Å². The van der Waals surface area contributed by atoms with Crippen molar-refractivity contribution in [3.8, 4) is 0 Å². The molecule has 6 heteroatoms. The SMILES string of the molecule is C[C@@H](NCC(=O)Nc1c(F)cccc1F)c1ccccn1. The number of halogens is 2. The molecule has 1 heterocycles. The molecule has 0 aliphatic heterocycles. The number of carbonyl (C=O) groups is 1. The van der Waals surface area contributed by atoms with Gasteiger partial charge in [0.15, 0.2) is 0 Å². The zero-order valence-corrected chi connectivity index (χ0v) is 11.4. The van der Waals surface area contributed by atoms with Gasteiger partial charge < -0.3 is 10.6 Å². The minimum absolute atomic E-state index is 0.0779. The molecule has 0 bridgehead atoms. The molecule has 110 valence electrons. The lowest BCUT2D eigenvalue weighted by Gasteiger charge is -2.13. The summed E-state index contributed by atoms with van der Waals surface area (Å²) in [5.41, 5.74) is 0.345. The summed E-state index contributed by atoms with van der Waals surface area (Å²) in [6.07, 6.45) is 1.66. The van der Waals surface area contributed by atoms with Crippen LogP contribution in [0.25, 0.3) is 0 Å². The smallest absolute Gasteiger partial charge is 0.238 e. The van der Waals surface area contributed by atoms with Crippen LogP contribution in [-0.2, 0) is 4.79 Å². The maximum absolute atomic E-state index is 13.4. The van der Waals surface area contributed by atoms with E-state index in [1.807, 2.05) is 19.1 Å². The van der Waals surface area contributed by atoms with E-state index < -0.39 is 23.2 Å². The molecule has 1 aromatic carbocycles. The van der Waals surface area contributed by atoms with E-state index in [2.05, 4.69) is 15.6 Å². The van der Waals surface area contributed by atoms with Crippen molar-refractivity contribution in [2.24, 2.45) is 0 Å². The summed E-state index contributed by atoms with van der Waals surface area (Å²) < 4.78 is 26.8. The first kappa shape index (κ1) is 15.1. The van der Waals surface area contributed by atoms with Gasteiger partial charge in [-0.3, -0.25) is 9.78 Å². The van der Waals surface area contributed by atoms with Gasteiger partial charge in [-0.15, -0.1) is 0 Å². The van der Waals surface area contributed by atoms with Crippen LogP contribution in [0.1, 0.15) is 18.7 Å². The number of pyridine rings is 1. The van der Waals surface area contributed by atoms with Crippen molar-refractivity contribution in [3.63, 3.8) is 0 Å². The molecular formula is C15H15F2N3O. The van der Waals surface area contributed by atoms with Crippen LogP contribution in [-0.4, -0.2) is 17.4 Å². The number of hydrogen-bond acceptors (Lipinski definition) is 3. The van der Waals surface area contributed by atoms with E-state index in [1.165, 1.54) is 6.07 Å². The number of para-hydroxylation sites is 1. The van der Waals surface area contributed by atoms with Gasteiger partial charge in [-0.25, -0.2) is 8.78 Å². The number of carbonyl (C=O) groups excluding carboxylic acids is 1. The van der Waals surface area contributed by atoms with E-state index in [0.717, 1.165) is 17.8 Å². The fourth-order valence-electron chi connectivity index (χ4n) is 1.78. The molecule has 0 saturated carbocycles. The Morgan fingerprint density at radius 2 is 1.90 bits per heavy atom. The maximum atomic E-state index is 13.4. The van der Waals surface area contributed by atoms with Gasteiger partial charge in [0.25, 0.3) is 0 Å². The number of nitrogens with zero attached hydrogens (tertiary/aromatic N) is 1. The predicted octanol–water partition coefficient (Wildman–Crippen LogP) is 2.65. The van der Waals surface area contributed by atoms with Crippen LogP contribution < -0.4 is 10.6 Å². The number of aromatic nitrogens is 1. The van der Waals surface area contributed by atoms with Gasteiger partial charge in [0.05, 0.1) is 12.2 Å². The van der Waals surface area contributed by atoms with E-state index in [0.29, 0.717) is 0 Å². The monoisotopic (exact) mass is 291 g/mol. The molecule has 0 saturated heterocycles. The average molecular weight is 291 g/mol. The van der Waals surface area contributed by atoms with Gasteiger partial charge in [-0.1, -0.05) is 12.1 Å². The van der Waals surface area contributed by atoms with E-state index in [4.69, 9.17) is 0 Å². The first-order valence-electron chi connectivity index (χ1n) is 6.46. The zero-order chi connectivity index (χ0) is 15.2. The number of nitrogens with one attached hydrogen (secondary N) is 2. The van der Waals surface area contributed by atoms with E-state index in [9.17, 15) is 13.6 Å². The second-order valence-electron chi connectivity index (χ2n) is 4.50. The molecule has 1 atom stereocenters. The molecule has 1 amide bonds. The Kier molecular flexibility index (Phi) is 4.94. The quantitative estimate of drug-likeness (QED) is 0.890. The number of hydrogen-bond donors (Lipinski definition) is 2. The van der Waals surface area contributed by atoms with Gasteiger partial charge >= 0.3 is 0 Å². The molecule has 2 aromatic rings. The number of rotatable bonds is 5. The minimum atomic E-state index is -0.805. The maximum Gasteiger partial charge on any atom is 0.238 e. The summed E-state index contributed by atoms with van der Waals surface area (Å²) in [5.74, 6) is -2.14. The van der Waals surface area contributed by atoms with Crippen molar-refractivity contribution >= 4 is 11.6 Å². The fourth-order valence-corrected chi connectivity index (χ4v) is 1.78. The predicted molar refractivity (Wildman–Crippen MR) is 75.6 cm³/mol. The average Bonchev–Trinajstić information content (AvgIpc) is 2.49. The van der Waals surface area contributed by atoms with Crippen LogP contribution in [0.15, 0.2) is 42.6 Å². The van der Waals surface area contributed by atoms with Gasteiger partial charge in [-0.05, 0) is 31.2 Å². The van der Waals surface area contributed by atoms with Crippen LogP contribution >= 0.6 is 0 Å². The van der Waals surface area contributed by atoms with E-state index in [-0.39, 0.29) is 12.6 Å². The largest absolute Gasteiger partial charge is 0.320 e. The van der Waals surface area contributed by atoms with Crippen molar-refractivity contribution in [2.45, 2.75) is 13.0 Å². The first-order chi connectivity index (χ1) is 10.1. The molecular weight excluding hydrogens is 276 g/mol. The highest BCUT2D eigenvalue weighted by Crippen LogP contribution is 2.17. The Bertz CT molecular complexity index is 599. The third-order valence-corrected chi connectivity index (χ3v) is 2.93. The molecule has 0 aliphatic carbocycles. The highest BCUT2D eigenvalue weighted by atomic mass is 19.1. The Morgan fingerprint density at radius 1 is 1.19 bits per heavy atom. The van der Waals surface area contributed by atoms with Gasteiger partial charge in [0.2, 0.25) is 5.91 Å². The molecule has 1 aromatic heterocycles. The third kappa shape index (κ3) is 4.06. The fraction of sp³-hybridized carbons (Fsp3) is 0.200. The van der Waals surface area contributed by atoms with Crippen LogP contribution in [0, 0.1) is 11.6 Å². The Morgan fingerprint density at radius 3 is 2.52 bits per heavy atom. The lowest BCUT2D eigenvalue weighted by atomic mass is 10.2. The van der Waals surface area contributed by atoms with Gasteiger partial charge in [0, 0.05) is 12.2 Å². The summed E-state index contributed by atoms with van der Waals surface area (Å²) in [5, 5.41) is 5.15. The highest BCUT2D eigenvalue weighted by Gasteiger charge is 2.13. The standard InChI is InChI=1S/C15H15F2N3O/c1-10(13-7-2-3-8-18-13)19-9-14(21)20-15-11(16)5-4-6-12(15)17/h2-8,10,19H,9H2,1H3,(H,20,21)/t10-/m1/s1. The van der Waals surface area contributed by atoms with Crippen molar-refractivity contribution in [3.05, 3.63) is 59.9 Å². The van der Waals surface area contributed by atoms with Crippen molar-refractivity contribution in [1.82, 2.24) is 10.3 Å². The second kappa shape index (κ2) is 6.90. The first-order valence-corrected chi connectivity index (χ1v) is 6.46. The van der Waals surface area contributed by atoms with E-state index >= 15 is 0 Å². The normalized spacial score (nSPS) is 12.0. The van der Waals surface area contributed by atoms with Crippen LogP contribution in [0.4, 0.5) is 14.5 Å². The summed E-state index contributed by atoms with van der Waals surface area (Å²) >= 11 is 0. The van der Waals surface area contributed by atoms with Crippen molar-refractivity contribution in [1.29, 1.82) is 0 Å². The van der Waals surface area contributed by atoms with Crippen LogP contribution in [0.5, 0.6) is 0 Å². The molecule has 2 N–H and O–H groups in total. The Balaban J connectivity index is 1.91.